The van der Waals surface area contributed by atoms with Gasteiger partial charge < -0.3 is 19.5 Å². The van der Waals surface area contributed by atoms with Crippen molar-refractivity contribution in [2.75, 3.05) is 18.0 Å². The van der Waals surface area contributed by atoms with Crippen LogP contribution < -0.4 is 44.3 Å². The van der Waals surface area contributed by atoms with Crippen molar-refractivity contribution in [2.24, 2.45) is 5.92 Å². The molecule has 29 heavy (non-hydrogen) atoms. The first-order chi connectivity index (χ1) is 13.5. The third-order valence-electron chi connectivity index (χ3n) is 5.82. The van der Waals surface area contributed by atoms with Crippen LogP contribution in [0.1, 0.15) is 44.6 Å². The Labute approximate surface area is 194 Å². The molecule has 2 heterocycles. The first kappa shape index (κ1) is 22.1. The van der Waals surface area contributed by atoms with E-state index >= 15 is 0 Å². The van der Waals surface area contributed by atoms with Gasteiger partial charge in [-0.25, -0.2) is 0 Å². The summed E-state index contributed by atoms with van der Waals surface area (Å²) in [6.45, 7) is 6.15. The van der Waals surface area contributed by atoms with Crippen LogP contribution in [0.2, 0.25) is 0 Å². The number of nitrogens with zero attached hydrogens (tertiary/aromatic N) is 3. The molecule has 2 aliphatic rings. The van der Waals surface area contributed by atoms with Crippen molar-refractivity contribution in [1.29, 1.82) is 0 Å². The minimum atomic E-state index is -1.27. The predicted octanol–water partition coefficient (Wildman–Crippen LogP) is -0.256. The van der Waals surface area contributed by atoms with E-state index in [0.717, 1.165) is 43.0 Å². The van der Waals surface area contributed by atoms with E-state index in [0.29, 0.717) is 18.8 Å². The van der Waals surface area contributed by atoms with E-state index in [9.17, 15) is 9.90 Å². The summed E-state index contributed by atoms with van der Waals surface area (Å²) in [4.78, 5) is 22.8. The Morgan fingerprint density at radius 3 is 2.62 bits per heavy atom. The van der Waals surface area contributed by atoms with Crippen LogP contribution in [0.4, 0.5) is 5.82 Å². The van der Waals surface area contributed by atoms with E-state index in [-0.39, 0.29) is 35.6 Å². The van der Waals surface area contributed by atoms with E-state index in [4.69, 9.17) is 4.74 Å². The molecule has 0 amide bonds. The number of carboxylic acids is 1. The van der Waals surface area contributed by atoms with Crippen LogP contribution in [0.3, 0.4) is 0 Å². The monoisotopic (exact) mass is 403 g/mol. The topological polar surface area (TPSA) is 78.4 Å². The molecule has 0 spiro atoms. The van der Waals surface area contributed by atoms with Gasteiger partial charge in [0.2, 0.25) is 0 Å². The molecule has 1 aliphatic heterocycles. The number of aliphatic carboxylic acids is 1. The van der Waals surface area contributed by atoms with Gasteiger partial charge >= 0.3 is 35.6 Å². The Balaban J connectivity index is 0.00000240. The maximum absolute atomic E-state index is 11.4. The molecule has 148 valence electrons. The van der Waals surface area contributed by atoms with Gasteiger partial charge in [-0.3, -0.25) is 0 Å². The van der Waals surface area contributed by atoms with Crippen molar-refractivity contribution < 1.29 is 44.2 Å². The van der Waals surface area contributed by atoms with Crippen molar-refractivity contribution in [3.63, 3.8) is 0 Å². The van der Waals surface area contributed by atoms with E-state index < -0.39 is 11.6 Å². The van der Waals surface area contributed by atoms with Gasteiger partial charge in [0.1, 0.15) is 5.82 Å². The number of aromatic nitrogens is 2. The SMILES string of the molecule is CC[C@H]1CCCN(c2cc(-c3ccc(C)cc3)nc(OC3(C(=O)[O-])CC3)n2)C1.[Na+]. The molecule has 7 heteroatoms. The number of benzene rings is 1. The first-order valence-electron chi connectivity index (χ1n) is 10.1. The molecular formula is C22H26N3NaO3. The van der Waals surface area contributed by atoms with Crippen LogP contribution in [0.25, 0.3) is 11.3 Å². The fourth-order valence-electron chi connectivity index (χ4n) is 3.74. The van der Waals surface area contributed by atoms with Crippen LogP contribution in [0.5, 0.6) is 6.01 Å². The molecule has 1 aromatic carbocycles. The van der Waals surface area contributed by atoms with Gasteiger partial charge in [0.15, 0.2) is 5.60 Å². The van der Waals surface area contributed by atoms with Crippen molar-refractivity contribution >= 4 is 11.8 Å². The van der Waals surface area contributed by atoms with Crippen molar-refractivity contribution in [2.45, 2.75) is 51.6 Å². The molecule has 4 rings (SSSR count). The predicted molar refractivity (Wildman–Crippen MR) is 105 cm³/mol. The van der Waals surface area contributed by atoms with Gasteiger partial charge in [-0.05, 0) is 38.5 Å². The molecule has 1 saturated carbocycles. The summed E-state index contributed by atoms with van der Waals surface area (Å²) in [7, 11) is 0. The number of hydrogen-bond donors (Lipinski definition) is 0. The number of aryl methyl sites for hydroxylation is 1. The fraction of sp³-hybridized carbons (Fsp3) is 0.500. The van der Waals surface area contributed by atoms with E-state index in [1.54, 1.807) is 0 Å². The molecule has 1 aromatic heterocycles. The molecule has 6 nitrogen and oxygen atoms in total. The smallest absolute Gasteiger partial charge is 0.546 e. The molecule has 0 bridgehead atoms. The number of ether oxygens (including phenoxy) is 1. The van der Waals surface area contributed by atoms with E-state index in [1.165, 1.54) is 12.0 Å². The van der Waals surface area contributed by atoms with Crippen LogP contribution in [0.15, 0.2) is 30.3 Å². The van der Waals surface area contributed by atoms with Crippen LogP contribution in [-0.2, 0) is 4.79 Å². The Kier molecular flexibility index (Phi) is 6.87. The zero-order valence-corrected chi connectivity index (χ0v) is 19.5. The largest absolute Gasteiger partial charge is 1.00 e. The van der Waals surface area contributed by atoms with Gasteiger partial charge in [0, 0.05) is 24.7 Å². The minimum absolute atomic E-state index is 0. The second kappa shape index (κ2) is 9.02. The summed E-state index contributed by atoms with van der Waals surface area (Å²) >= 11 is 0. The van der Waals surface area contributed by atoms with Crippen LogP contribution in [0, 0.1) is 12.8 Å². The van der Waals surface area contributed by atoms with Crippen LogP contribution in [-0.4, -0.2) is 34.6 Å². The Bertz CT molecular complexity index is 868. The Hall–Kier alpha value is -1.63. The molecule has 1 aliphatic carbocycles. The van der Waals surface area contributed by atoms with Gasteiger partial charge in [0.05, 0.1) is 11.7 Å². The number of carbonyl (C=O) groups excluding carboxylic acids is 1. The number of piperidine rings is 1. The maximum Gasteiger partial charge on any atom is 1.00 e. The molecule has 2 aromatic rings. The molecular weight excluding hydrogens is 377 g/mol. The normalized spacial score (nSPS) is 19.9. The summed E-state index contributed by atoms with van der Waals surface area (Å²) in [5, 5.41) is 11.4. The maximum atomic E-state index is 11.4. The van der Waals surface area contributed by atoms with E-state index in [1.807, 2.05) is 37.3 Å². The van der Waals surface area contributed by atoms with Gasteiger partial charge in [-0.2, -0.15) is 9.97 Å². The summed E-state index contributed by atoms with van der Waals surface area (Å²) in [6, 6.07) is 10.2. The number of anilines is 1. The zero-order valence-electron chi connectivity index (χ0n) is 17.5. The van der Waals surface area contributed by atoms with Gasteiger partial charge in [-0.15, -0.1) is 0 Å². The first-order valence-corrected chi connectivity index (χ1v) is 10.1. The third-order valence-corrected chi connectivity index (χ3v) is 5.82. The quantitative estimate of drug-likeness (QED) is 0.619. The number of carboxylic acid groups (broad SMARTS) is 1. The number of hydrogen-bond acceptors (Lipinski definition) is 6. The minimum Gasteiger partial charge on any atom is -0.546 e. The molecule has 2 fully saturated rings. The van der Waals surface area contributed by atoms with Gasteiger partial charge in [0.25, 0.3) is 0 Å². The summed E-state index contributed by atoms with van der Waals surface area (Å²) in [5.41, 5.74) is 1.61. The average molecular weight is 403 g/mol. The summed E-state index contributed by atoms with van der Waals surface area (Å²) in [6.07, 6.45) is 4.37. The standard InChI is InChI=1S/C22H27N3O3.Na/c1-3-16-5-4-12-25(14-16)19-13-18(17-8-6-15(2)7-9-17)23-21(24-19)28-22(10-11-22)20(26)27;/h6-9,13,16H,3-5,10-12,14H2,1-2H3,(H,26,27);/q;+1/p-1/t16-;/m0./s1. The second-order valence-corrected chi connectivity index (χ2v) is 8.01. The molecule has 0 N–H and O–H groups in total. The molecule has 0 unspecified atom stereocenters. The Morgan fingerprint density at radius 1 is 1.28 bits per heavy atom. The second-order valence-electron chi connectivity index (χ2n) is 8.01. The number of rotatable bonds is 6. The summed E-state index contributed by atoms with van der Waals surface area (Å²) in [5.74, 6) is 0.254. The molecule has 0 radical (unpaired) electrons. The number of carbonyl (C=O) groups is 1. The summed E-state index contributed by atoms with van der Waals surface area (Å²) < 4.78 is 5.73. The molecule has 1 saturated heterocycles. The van der Waals surface area contributed by atoms with Crippen LogP contribution >= 0.6 is 0 Å². The third kappa shape index (κ3) is 4.93. The Morgan fingerprint density at radius 2 is 2.00 bits per heavy atom. The zero-order chi connectivity index (χ0) is 19.7. The van der Waals surface area contributed by atoms with Crippen molar-refractivity contribution in [3.8, 4) is 17.3 Å². The average Bonchev–Trinajstić information content (AvgIpc) is 3.49. The van der Waals surface area contributed by atoms with Gasteiger partial charge in [-0.1, -0.05) is 43.2 Å². The van der Waals surface area contributed by atoms with Crippen molar-refractivity contribution in [3.05, 3.63) is 35.9 Å². The molecule has 1 atom stereocenters. The van der Waals surface area contributed by atoms with Crippen molar-refractivity contribution in [1.82, 2.24) is 9.97 Å². The van der Waals surface area contributed by atoms with E-state index in [2.05, 4.69) is 21.8 Å². The fourth-order valence-corrected chi connectivity index (χ4v) is 3.74.